The van der Waals surface area contributed by atoms with E-state index in [-0.39, 0.29) is 11.9 Å². The Hall–Kier alpha value is -0.750. The second-order valence-electron chi connectivity index (χ2n) is 6.86. The largest absolute Gasteiger partial charge is 0.380 e. The van der Waals surface area contributed by atoms with Crippen molar-refractivity contribution in [3.05, 3.63) is 11.6 Å². The highest BCUT2D eigenvalue weighted by atomic mass is 16.7. The predicted molar refractivity (Wildman–Crippen MR) is 76.0 cm³/mol. The summed E-state index contributed by atoms with van der Waals surface area (Å²) in [5.74, 6) is -0.0705. The molecule has 5 nitrogen and oxygen atoms in total. The number of hydrogen-bond acceptors (Lipinski definition) is 5. The molecule has 0 radical (unpaired) electrons. The van der Waals surface area contributed by atoms with Crippen molar-refractivity contribution in [3.8, 4) is 0 Å². The fourth-order valence-corrected chi connectivity index (χ4v) is 3.80. The molecule has 1 spiro atoms. The minimum absolute atomic E-state index is 0.0705. The van der Waals surface area contributed by atoms with Crippen molar-refractivity contribution in [1.82, 2.24) is 0 Å². The van der Waals surface area contributed by atoms with Crippen LogP contribution in [0.25, 0.3) is 0 Å². The van der Waals surface area contributed by atoms with Crippen LogP contribution in [-0.4, -0.2) is 53.6 Å². The van der Waals surface area contributed by atoms with E-state index >= 15 is 0 Å². The normalized spacial score (nSPS) is 48.3. The number of epoxide rings is 2. The highest BCUT2D eigenvalue weighted by Gasteiger charge is 2.81. The Bertz CT molecular complexity index is 491. The Morgan fingerprint density at radius 1 is 1.52 bits per heavy atom. The van der Waals surface area contributed by atoms with Crippen LogP contribution in [-0.2, 0) is 19.0 Å². The maximum absolute atomic E-state index is 12.2. The number of allylic oxidation sites excluding steroid dienone is 1. The van der Waals surface area contributed by atoms with Gasteiger partial charge in [-0.3, -0.25) is 4.79 Å². The monoisotopic (exact) mass is 296 g/mol. The standard InChI is InChI=1S/C16H24O5/c1-10(2)5-6-12-14(3,21-12)16(18)13(19-4)11(17)7-8-15(16)9-20-15/h5,12-13,18H,6-9H2,1-4H3/t12-,13+,14-,15-,16?/m0/s1. The topological polar surface area (TPSA) is 71.6 Å². The zero-order chi connectivity index (χ0) is 15.5. The van der Waals surface area contributed by atoms with E-state index in [4.69, 9.17) is 14.2 Å². The molecular weight excluding hydrogens is 272 g/mol. The number of carbonyl (C=O) groups is 1. The summed E-state index contributed by atoms with van der Waals surface area (Å²) in [5, 5.41) is 11.4. The fraction of sp³-hybridized carbons (Fsp3) is 0.812. The van der Waals surface area contributed by atoms with Crippen LogP contribution in [0.15, 0.2) is 11.6 Å². The van der Waals surface area contributed by atoms with E-state index in [1.807, 2.05) is 20.8 Å². The van der Waals surface area contributed by atoms with Crippen molar-refractivity contribution < 1.29 is 24.1 Å². The molecule has 21 heavy (non-hydrogen) atoms. The van der Waals surface area contributed by atoms with Gasteiger partial charge in [0.15, 0.2) is 11.4 Å². The molecule has 0 amide bonds. The molecule has 0 aromatic carbocycles. The van der Waals surface area contributed by atoms with E-state index in [0.717, 1.165) is 6.42 Å². The van der Waals surface area contributed by atoms with Gasteiger partial charge in [-0.25, -0.2) is 0 Å². The predicted octanol–water partition coefficient (Wildman–Crippen LogP) is 1.38. The molecule has 1 N–H and O–H groups in total. The number of Topliss-reactive ketones (excluding diaryl/α,β-unsaturated/α-hetero) is 1. The minimum atomic E-state index is -1.41. The first-order valence-corrected chi connectivity index (χ1v) is 7.54. The molecule has 3 rings (SSSR count). The molecule has 1 saturated carbocycles. The summed E-state index contributed by atoms with van der Waals surface area (Å²) in [6.45, 7) is 6.39. The number of carbonyl (C=O) groups excluding carboxylic acids is 1. The zero-order valence-corrected chi connectivity index (χ0v) is 13.1. The lowest BCUT2D eigenvalue weighted by Crippen LogP contribution is -2.69. The summed E-state index contributed by atoms with van der Waals surface area (Å²) in [5.41, 5.74) is -1.69. The van der Waals surface area contributed by atoms with Crippen molar-refractivity contribution in [2.75, 3.05) is 13.7 Å². The van der Waals surface area contributed by atoms with Crippen LogP contribution in [0.1, 0.15) is 40.0 Å². The molecule has 3 fully saturated rings. The van der Waals surface area contributed by atoms with Crippen molar-refractivity contribution in [2.45, 2.75) is 69.0 Å². The summed E-state index contributed by atoms with van der Waals surface area (Å²) in [7, 11) is 1.46. The van der Waals surface area contributed by atoms with E-state index in [1.54, 1.807) is 0 Å². The molecule has 0 aromatic rings. The second kappa shape index (κ2) is 4.62. The van der Waals surface area contributed by atoms with E-state index in [9.17, 15) is 9.90 Å². The van der Waals surface area contributed by atoms with Crippen molar-refractivity contribution in [2.24, 2.45) is 0 Å². The summed E-state index contributed by atoms with van der Waals surface area (Å²) in [4.78, 5) is 12.2. The van der Waals surface area contributed by atoms with E-state index < -0.39 is 22.9 Å². The SMILES string of the molecule is CO[C@@H]1C(=O)CC[C@]2(CO2)C1(O)[C@@]1(C)O[C@H]1CC=C(C)C. The highest BCUT2D eigenvalue weighted by Crippen LogP contribution is 2.61. The smallest absolute Gasteiger partial charge is 0.164 e. The molecule has 5 heteroatoms. The van der Waals surface area contributed by atoms with E-state index in [2.05, 4.69) is 6.08 Å². The zero-order valence-electron chi connectivity index (χ0n) is 13.1. The molecule has 2 heterocycles. The number of aliphatic hydroxyl groups is 1. The van der Waals surface area contributed by atoms with Crippen LogP contribution in [0.3, 0.4) is 0 Å². The van der Waals surface area contributed by atoms with Gasteiger partial charge < -0.3 is 19.3 Å². The van der Waals surface area contributed by atoms with Gasteiger partial charge in [0.05, 0.1) is 12.7 Å². The van der Waals surface area contributed by atoms with E-state index in [0.29, 0.717) is 19.4 Å². The van der Waals surface area contributed by atoms with Gasteiger partial charge in [-0.2, -0.15) is 0 Å². The number of ether oxygens (including phenoxy) is 3. The average molecular weight is 296 g/mol. The van der Waals surface area contributed by atoms with E-state index in [1.165, 1.54) is 12.7 Å². The van der Waals surface area contributed by atoms with Crippen LogP contribution < -0.4 is 0 Å². The molecule has 1 aliphatic carbocycles. The van der Waals surface area contributed by atoms with Crippen LogP contribution in [0.5, 0.6) is 0 Å². The van der Waals surface area contributed by atoms with Gasteiger partial charge >= 0.3 is 0 Å². The van der Waals surface area contributed by atoms with Crippen LogP contribution >= 0.6 is 0 Å². The van der Waals surface area contributed by atoms with Gasteiger partial charge in [0, 0.05) is 13.5 Å². The third-order valence-corrected chi connectivity index (χ3v) is 5.31. The van der Waals surface area contributed by atoms with Crippen LogP contribution in [0, 0.1) is 0 Å². The third kappa shape index (κ3) is 1.95. The van der Waals surface area contributed by atoms with Crippen molar-refractivity contribution >= 4 is 5.78 Å². The van der Waals surface area contributed by atoms with Gasteiger partial charge in [-0.15, -0.1) is 0 Å². The summed E-state index contributed by atoms with van der Waals surface area (Å²) in [6.07, 6.45) is 2.75. The maximum Gasteiger partial charge on any atom is 0.164 e. The molecule has 0 aromatic heterocycles. The second-order valence-corrected chi connectivity index (χ2v) is 6.86. The Balaban J connectivity index is 1.90. The molecule has 2 saturated heterocycles. The van der Waals surface area contributed by atoms with Gasteiger partial charge in [0.1, 0.15) is 17.3 Å². The molecular formula is C16H24O5. The lowest BCUT2D eigenvalue weighted by molar-refractivity contribution is -0.193. The van der Waals surface area contributed by atoms with Crippen molar-refractivity contribution in [1.29, 1.82) is 0 Å². The molecule has 1 unspecified atom stereocenters. The Kier molecular flexibility index (Phi) is 3.34. The highest BCUT2D eigenvalue weighted by molar-refractivity contribution is 5.87. The van der Waals surface area contributed by atoms with Gasteiger partial charge in [0.25, 0.3) is 0 Å². The maximum atomic E-state index is 12.2. The minimum Gasteiger partial charge on any atom is -0.380 e. The first-order chi connectivity index (χ1) is 9.81. The molecule has 5 atom stereocenters. The average Bonchev–Trinajstić information content (AvgIpc) is 3.31. The summed E-state index contributed by atoms with van der Waals surface area (Å²) in [6, 6.07) is 0. The summed E-state index contributed by atoms with van der Waals surface area (Å²) < 4.78 is 16.8. The Morgan fingerprint density at radius 2 is 2.19 bits per heavy atom. The number of ketones is 1. The first kappa shape index (κ1) is 15.2. The molecule has 0 bridgehead atoms. The fourth-order valence-electron chi connectivity index (χ4n) is 3.80. The number of hydrogen-bond donors (Lipinski definition) is 1. The van der Waals surface area contributed by atoms with Crippen LogP contribution in [0.2, 0.25) is 0 Å². The van der Waals surface area contributed by atoms with Crippen molar-refractivity contribution in [3.63, 3.8) is 0 Å². The molecule has 118 valence electrons. The Morgan fingerprint density at radius 3 is 2.71 bits per heavy atom. The van der Waals surface area contributed by atoms with Gasteiger partial charge in [-0.05, 0) is 33.6 Å². The third-order valence-electron chi connectivity index (χ3n) is 5.31. The van der Waals surface area contributed by atoms with Gasteiger partial charge in [0.2, 0.25) is 0 Å². The molecule has 2 aliphatic heterocycles. The number of rotatable bonds is 4. The van der Waals surface area contributed by atoms with Crippen LogP contribution in [0.4, 0.5) is 0 Å². The summed E-state index contributed by atoms with van der Waals surface area (Å²) >= 11 is 0. The lowest BCUT2D eigenvalue weighted by atomic mass is 9.65. The number of methoxy groups -OCH3 is 1. The quantitative estimate of drug-likeness (QED) is 0.627. The van der Waals surface area contributed by atoms with Gasteiger partial charge in [-0.1, -0.05) is 11.6 Å². The Labute approximate surface area is 125 Å². The molecule has 3 aliphatic rings. The lowest BCUT2D eigenvalue weighted by Gasteiger charge is -2.45. The first-order valence-electron chi connectivity index (χ1n) is 7.54.